The fourth-order valence-electron chi connectivity index (χ4n) is 1.34. The lowest BCUT2D eigenvalue weighted by atomic mass is 10.1. The summed E-state index contributed by atoms with van der Waals surface area (Å²) in [5.74, 6) is -0.466. The summed E-state index contributed by atoms with van der Waals surface area (Å²) in [6.45, 7) is 5.30. The van der Waals surface area contributed by atoms with E-state index in [1.54, 1.807) is 0 Å². The van der Waals surface area contributed by atoms with Gasteiger partial charge in [-0.1, -0.05) is 13.8 Å². The summed E-state index contributed by atoms with van der Waals surface area (Å²) in [5, 5.41) is 16.4. The molecule has 0 fully saturated rings. The van der Waals surface area contributed by atoms with Gasteiger partial charge >= 0.3 is 12.0 Å². The Bertz CT molecular complexity index is 432. The summed E-state index contributed by atoms with van der Waals surface area (Å²) < 4.78 is 0. The van der Waals surface area contributed by atoms with Crippen LogP contribution in [0.4, 0.5) is 4.79 Å². The van der Waals surface area contributed by atoms with E-state index in [2.05, 4.69) is 29.5 Å². The summed E-state index contributed by atoms with van der Waals surface area (Å²) in [6.07, 6.45) is 1.48. The molecule has 1 aromatic rings. The molecule has 0 unspecified atom stereocenters. The molecule has 0 aromatic carbocycles. The summed E-state index contributed by atoms with van der Waals surface area (Å²) in [7, 11) is 0. The summed E-state index contributed by atoms with van der Waals surface area (Å²) in [6, 6.07) is -0.198. The van der Waals surface area contributed by atoms with E-state index in [1.165, 1.54) is 16.7 Å². The molecule has 6 nitrogen and oxygen atoms in total. The van der Waals surface area contributed by atoms with Gasteiger partial charge in [0.05, 0.1) is 5.01 Å². The third kappa shape index (κ3) is 6.19. The molecule has 0 aliphatic carbocycles. The molecule has 2 amide bonds. The molecule has 1 rings (SSSR count). The third-order valence-electron chi connectivity index (χ3n) is 2.40. The van der Waals surface area contributed by atoms with Crippen LogP contribution in [0.5, 0.6) is 0 Å². The Morgan fingerprint density at radius 1 is 1.37 bits per heavy atom. The molecule has 0 radical (unpaired) electrons. The average Bonchev–Trinajstić information content (AvgIpc) is 2.77. The number of carboxylic acids is 1. The third-order valence-corrected chi connectivity index (χ3v) is 3.31. The maximum atomic E-state index is 11.4. The average molecular weight is 285 g/mol. The summed E-state index contributed by atoms with van der Waals surface area (Å²) in [5.41, 5.74) is 0.0568. The predicted octanol–water partition coefficient (Wildman–Crippen LogP) is 1.73. The van der Waals surface area contributed by atoms with E-state index in [-0.39, 0.29) is 11.7 Å². The van der Waals surface area contributed by atoms with Crippen LogP contribution in [0.3, 0.4) is 0 Å². The van der Waals surface area contributed by atoms with Crippen molar-refractivity contribution in [3.8, 4) is 0 Å². The van der Waals surface area contributed by atoms with Crippen LogP contribution < -0.4 is 10.6 Å². The number of rotatable bonds is 7. The zero-order chi connectivity index (χ0) is 14.3. The van der Waals surface area contributed by atoms with Gasteiger partial charge in [0.2, 0.25) is 0 Å². The number of carbonyl (C=O) groups is 2. The number of amides is 2. The molecule has 106 valence electrons. The van der Waals surface area contributed by atoms with Gasteiger partial charge in [0.1, 0.15) is 0 Å². The SMILES string of the molecule is CC(C)CCNC(=O)NCCc1nc(C(=O)O)cs1. The van der Waals surface area contributed by atoms with Crippen molar-refractivity contribution in [2.75, 3.05) is 13.1 Å². The molecular weight excluding hydrogens is 266 g/mol. The first kappa shape index (κ1) is 15.4. The molecular formula is C12H19N3O3S. The van der Waals surface area contributed by atoms with Crippen LogP contribution in [0.15, 0.2) is 5.38 Å². The monoisotopic (exact) mass is 285 g/mol. The predicted molar refractivity (Wildman–Crippen MR) is 73.6 cm³/mol. The largest absolute Gasteiger partial charge is 0.476 e. The second-order valence-corrected chi connectivity index (χ2v) is 5.49. The highest BCUT2D eigenvalue weighted by Gasteiger charge is 2.08. The Hall–Kier alpha value is -1.63. The van der Waals surface area contributed by atoms with E-state index in [1.807, 2.05) is 0 Å². The van der Waals surface area contributed by atoms with Gasteiger partial charge in [-0.15, -0.1) is 11.3 Å². The van der Waals surface area contributed by atoms with E-state index < -0.39 is 5.97 Å². The van der Waals surface area contributed by atoms with Crippen molar-refractivity contribution >= 4 is 23.3 Å². The lowest BCUT2D eigenvalue weighted by Crippen LogP contribution is -2.37. The first-order valence-electron chi connectivity index (χ1n) is 6.18. The van der Waals surface area contributed by atoms with E-state index in [4.69, 9.17) is 5.11 Å². The Morgan fingerprint density at radius 2 is 2.05 bits per heavy atom. The standard InChI is InChI=1S/C12H19N3O3S/c1-8(2)3-5-13-12(18)14-6-4-10-15-9(7-19-10)11(16)17/h7-8H,3-6H2,1-2H3,(H,16,17)(H2,13,14,18). The molecule has 1 heterocycles. The van der Waals surface area contributed by atoms with E-state index in [9.17, 15) is 9.59 Å². The number of aromatic carboxylic acids is 1. The number of thiazole rings is 1. The lowest BCUT2D eigenvalue weighted by molar-refractivity contribution is 0.0691. The van der Waals surface area contributed by atoms with Crippen molar-refractivity contribution in [3.05, 3.63) is 16.1 Å². The highest BCUT2D eigenvalue weighted by atomic mass is 32.1. The Balaban J connectivity index is 2.18. The van der Waals surface area contributed by atoms with Gasteiger partial charge in [-0.3, -0.25) is 0 Å². The fourth-order valence-corrected chi connectivity index (χ4v) is 2.12. The van der Waals surface area contributed by atoms with Crippen molar-refractivity contribution < 1.29 is 14.7 Å². The number of aromatic nitrogens is 1. The van der Waals surface area contributed by atoms with Crippen molar-refractivity contribution in [1.29, 1.82) is 0 Å². The zero-order valence-corrected chi connectivity index (χ0v) is 11.9. The Kier molecular flexibility index (Phi) is 6.27. The number of hydrogen-bond acceptors (Lipinski definition) is 4. The van der Waals surface area contributed by atoms with Gasteiger partial charge < -0.3 is 15.7 Å². The second kappa shape index (κ2) is 7.73. The minimum Gasteiger partial charge on any atom is -0.476 e. The van der Waals surface area contributed by atoms with Crippen LogP contribution in [-0.2, 0) is 6.42 Å². The molecule has 3 N–H and O–H groups in total. The van der Waals surface area contributed by atoms with Crippen LogP contribution in [0, 0.1) is 5.92 Å². The first-order valence-corrected chi connectivity index (χ1v) is 7.06. The van der Waals surface area contributed by atoms with Gasteiger partial charge in [-0.2, -0.15) is 0 Å². The van der Waals surface area contributed by atoms with E-state index in [0.717, 1.165) is 6.42 Å². The number of nitrogens with zero attached hydrogens (tertiary/aromatic N) is 1. The molecule has 0 bridgehead atoms. The van der Waals surface area contributed by atoms with Crippen LogP contribution in [0.2, 0.25) is 0 Å². The first-order chi connectivity index (χ1) is 8.99. The topological polar surface area (TPSA) is 91.3 Å². The minimum atomic E-state index is -1.03. The fraction of sp³-hybridized carbons (Fsp3) is 0.583. The van der Waals surface area contributed by atoms with E-state index in [0.29, 0.717) is 30.4 Å². The molecule has 7 heteroatoms. The number of urea groups is 1. The Morgan fingerprint density at radius 3 is 2.63 bits per heavy atom. The zero-order valence-electron chi connectivity index (χ0n) is 11.1. The minimum absolute atomic E-state index is 0.0568. The molecule has 0 saturated heterocycles. The van der Waals surface area contributed by atoms with Gasteiger partial charge in [0, 0.05) is 24.9 Å². The Labute approximate surface area is 116 Å². The molecule has 0 saturated carbocycles. The molecule has 0 aliphatic heterocycles. The van der Waals surface area contributed by atoms with Crippen molar-refractivity contribution in [3.63, 3.8) is 0 Å². The van der Waals surface area contributed by atoms with Gasteiger partial charge in [-0.05, 0) is 12.3 Å². The van der Waals surface area contributed by atoms with Crippen LogP contribution in [-0.4, -0.2) is 35.2 Å². The van der Waals surface area contributed by atoms with Gasteiger partial charge in [0.25, 0.3) is 0 Å². The maximum Gasteiger partial charge on any atom is 0.355 e. The number of carbonyl (C=O) groups excluding carboxylic acids is 1. The number of nitrogens with one attached hydrogen (secondary N) is 2. The highest BCUT2D eigenvalue weighted by molar-refractivity contribution is 7.09. The highest BCUT2D eigenvalue weighted by Crippen LogP contribution is 2.09. The summed E-state index contributed by atoms with van der Waals surface area (Å²) >= 11 is 1.29. The van der Waals surface area contributed by atoms with Crippen molar-refractivity contribution in [2.45, 2.75) is 26.7 Å². The normalized spacial score (nSPS) is 10.5. The summed E-state index contributed by atoms with van der Waals surface area (Å²) in [4.78, 5) is 26.0. The second-order valence-electron chi connectivity index (χ2n) is 4.55. The van der Waals surface area contributed by atoms with Crippen molar-refractivity contribution in [1.82, 2.24) is 15.6 Å². The molecule has 1 aromatic heterocycles. The van der Waals surface area contributed by atoms with Gasteiger partial charge in [0.15, 0.2) is 5.69 Å². The van der Waals surface area contributed by atoms with Crippen molar-refractivity contribution in [2.24, 2.45) is 5.92 Å². The molecule has 0 atom stereocenters. The molecule has 19 heavy (non-hydrogen) atoms. The number of hydrogen-bond donors (Lipinski definition) is 3. The van der Waals surface area contributed by atoms with E-state index >= 15 is 0 Å². The van der Waals surface area contributed by atoms with Gasteiger partial charge in [-0.25, -0.2) is 14.6 Å². The lowest BCUT2D eigenvalue weighted by Gasteiger charge is -2.08. The number of carboxylic acid groups (broad SMARTS) is 1. The smallest absolute Gasteiger partial charge is 0.355 e. The van der Waals surface area contributed by atoms with Crippen LogP contribution in [0.25, 0.3) is 0 Å². The molecule has 0 aliphatic rings. The van der Waals surface area contributed by atoms with Crippen LogP contribution in [0.1, 0.15) is 35.8 Å². The van der Waals surface area contributed by atoms with Crippen LogP contribution >= 0.6 is 11.3 Å². The quantitative estimate of drug-likeness (QED) is 0.711. The maximum absolute atomic E-state index is 11.4. The molecule has 0 spiro atoms.